The maximum Gasteiger partial charge on any atom is 0.264 e. The van der Waals surface area contributed by atoms with Gasteiger partial charge >= 0.3 is 0 Å². The molecule has 0 aromatic heterocycles. The van der Waals surface area contributed by atoms with E-state index in [1.165, 1.54) is 17.7 Å². The van der Waals surface area contributed by atoms with Gasteiger partial charge in [-0.25, -0.2) is 0 Å². The molecule has 0 aliphatic rings. The summed E-state index contributed by atoms with van der Waals surface area (Å²) in [4.78, 5) is 12.0. The molecule has 26 heavy (non-hydrogen) atoms. The average molecular weight is 432 g/mol. The van der Waals surface area contributed by atoms with E-state index in [1.54, 1.807) is 0 Å². The van der Waals surface area contributed by atoms with E-state index in [9.17, 15) is 4.79 Å². The van der Waals surface area contributed by atoms with E-state index < -0.39 is 5.91 Å². The van der Waals surface area contributed by atoms with Crippen molar-refractivity contribution in [3.63, 3.8) is 0 Å². The third-order valence-corrected chi connectivity index (χ3v) is 4.67. The maximum absolute atomic E-state index is 12.0. The van der Waals surface area contributed by atoms with Crippen molar-refractivity contribution >= 4 is 63.7 Å². The molecule has 2 aromatic carbocycles. The van der Waals surface area contributed by atoms with Gasteiger partial charge < -0.3 is 10.1 Å². The summed E-state index contributed by atoms with van der Waals surface area (Å²) in [5.74, 6) is 0.645. The van der Waals surface area contributed by atoms with Crippen molar-refractivity contribution < 1.29 is 9.53 Å². The van der Waals surface area contributed by atoms with Gasteiger partial charge in [0.2, 0.25) is 0 Å². The first-order chi connectivity index (χ1) is 12.3. The lowest BCUT2D eigenvalue weighted by molar-refractivity contribution is -0.121. The zero-order valence-corrected chi connectivity index (χ0v) is 17.2. The summed E-state index contributed by atoms with van der Waals surface area (Å²) in [6.07, 6.45) is 0. The molecule has 8 heteroatoms. The smallest absolute Gasteiger partial charge is 0.264 e. The highest BCUT2D eigenvalue weighted by Crippen LogP contribution is 2.32. The van der Waals surface area contributed by atoms with E-state index in [-0.39, 0.29) is 11.7 Å². The fourth-order valence-corrected chi connectivity index (χ4v) is 2.85. The second-order valence-electron chi connectivity index (χ2n) is 5.76. The molecule has 0 unspecified atom stereocenters. The number of anilines is 1. The molecular weight excluding hydrogens is 415 g/mol. The van der Waals surface area contributed by atoms with E-state index in [2.05, 4.69) is 24.5 Å². The highest BCUT2D eigenvalue weighted by Gasteiger charge is 2.10. The number of nitrogens with one attached hydrogen (secondary N) is 2. The lowest BCUT2D eigenvalue weighted by Crippen LogP contribution is -2.37. The fraction of sp³-hybridized carbons (Fsp3) is 0.222. The molecular formula is C18H17Cl3N2O2S. The Bertz CT molecular complexity index is 811. The van der Waals surface area contributed by atoms with Gasteiger partial charge in [-0.05, 0) is 48.0 Å². The Hall–Kier alpha value is -1.53. The Morgan fingerprint density at radius 2 is 1.69 bits per heavy atom. The summed E-state index contributed by atoms with van der Waals surface area (Å²) in [6, 6.07) is 10.6. The summed E-state index contributed by atoms with van der Waals surface area (Å²) in [7, 11) is 0. The molecule has 138 valence electrons. The van der Waals surface area contributed by atoms with Crippen LogP contribution >= 0.6 is 47.0 Å². The molecule has 2 aromatic rings. The Kier molecular flexibility index (Phi) is 7.53. The second kappa shape index (κ2) is 9.42. The number of thiocarbonyl (C=S) groups is 1. The average Bonchev–Trinajstić information content (AvgIpc) is 2.58. The zero-order chi connectivity index (χ0) is 19.3. The van der Waals surface area contributed by atoms with Crippen LogP contribution in [0.2, 0.25) is 15.1 Å². The number of amides is 1. The first-order valence-corrected chi connectivity index (χ1v) is 9.28. The van der Waals surface area contributed by atoms with Crippen LogP contribution in [0.3, 0.4) is 0 Å². The normalized spacial score (nSPS) is 10.5. The molecule has 0 radical (unpaired) electrons. The van der Waals surface area contributed by atoms with Crippen LogP contribution in [0, 0.1) is 0 Å². The largest absolute Gasteiger partial charge is 0.484 e. The summed E-state index contributed by atoms with van der Waals surface area (Å²) >= 11 is 23.0. The first kappa shape index (κ1) is 20.8. The van der Waals surface area contributed by atoms with E-state index in [0.717, 1.165) is 0 Å². The van der Waals surface area contributed by atoms with Gasteiger partial charge in [0.1, 0.15) is 5.75 Å². The monoisotopic (exact) mass is 430 g/mol. The van der Waals surface area contributed by atoms with Gasteiger partial charge in [-0.3, -0.25) is 10.1 Å². The van der Waals surface area contributed by atoms with Crippen molar-refractivity contribution in [3.05, 3.63) is 57.0 Å². The van der Waals surface area contributed by atoms with Gasteiger partial charge in [0.15, 0.2) is 11.7 Å². The standard InChI is InChI=1S/C18H17Cl3N2O2S/c1-10(2)11-3-5-12(6-4-11)25-9-17(24)23-18(26)22-16-8-14(20)13(19)7-15(16)21/h3-8,10H,9H2,1-2H3,(H2,22,23,24,26). The third kappa shape index (κ3) is 6.02. The minimum Gasteiger partial charge on any atom is -0.484 e. The molecule has 0 heterocycles. The lowest BCUT2D eigenvalue weighted by Gasteiger charge is -2.12. The van der Waals surface area contributed by atoms with E-state index in [1.807, 2.05) is 24.3 Å². The Morgan fingerprint density at radius 1 is 1.08 bits per heavy atom. The highest BCUT2D eigenvalue weighted by molar-refractivity contribution is 7.80. The fourth-order valence-electron chi connectivity index (χ4n) is 2.03. The van der Waals surface area contributed by atoms with Crippen LogP contribution < -0.4 is 15.4 Å². The molecule has 2 rings (SSSR count). The molecule has 0 saturated heterocycles. The number of halogens is 3. The van der Waals surface area contributed by atoms with Crippen molar-refractivity contribution in [2.75, 3.05) is 11.9 Å². The minimum atomic E-state index is -0.397. The summed E-state index contributed by atoms with van der Waals surface area (Å²) in [5, 5.41) is 6.36. The molecule has 0 spiro atoms. The van der Waals surface area contributed by atoms with Gasteiger partial charge in [-0.15, -0.1) is 0 Å². The van der Waals surface area contributed by atoms with Gasteiger partial charge in [0.05, 0.1) is 20.8 Å². The van der Waals surface area contributed by atoms with Crippen molar-refractivity contribution in [3.8, 4) is 5.75 Å². The quantitative estimate of drug-likeness (QED) is 0.473. The number of benzene rings is 2. The highest BCUT2D eigenvalue weighted by atomic mass is 35.5. The number of carbonyl (C=O) groups is 1. The van der Waals surface area contributed by atoms with E-state index >= 15 is 0 Å². The molecule has 0 bridgehead atoms. The first-order valence-electron chi connectivity index (χ1n) is 7.74. The molecule has 2 N–H and O–H groups in total. The predicted octanol–water partition coefficient (Wildman–Crippen LogP) is 5.66. The van der Waals surface area contributed by atoms with Gasteiger partial charge in [0.25, 0.3) is 5.91 Å². The summed E-state index contributed by atoms with van der Waals surface area (Å²) < 4.78 is 5.45. The Balaban J connectivity index is 1.85. The molecule has 0 aliphatic carbocycles. The summed E-state index contributed by atoms with van der Waals surface area (Å²) in [6.45, 7) is 4.05. The topological polar surface area (TPSA) is 50.4 Å². The lowest BCUT2D eigenvalue weighted by atomic mass is 10.0. The van der Waals surface area contributed by atoms with Crippen LogP contribution in [-0.4, -0.2) is 17.6 Å². The number of carbonyl (C=O) groups excluding carboxylic acids is 1. The zero-order valence-electron chi connectivity index (χ0n) is 14.1. The van der Waals surface area contributed by atoms with Crippen LogP contribution in [-0.2, 0) is 4.79 Å². The third-order valence-electron chi connectivity index (χ3n) is 3.43. The van der Waals surface area contributed by atoms with Gasteiger partial charge in [-0.1, -0.05) is 60.8 Å². The van der Waals surface area contributed by atoms with Crippen LogP contribution in [0.25, 0.3) is 0 Å². The number of hydrogen-bond donors (Lipinski definition) is 2. The van der Waals surface area contributed by atoms with Crippen molar-refractivity contribution in [1.29, 1.82) is 0 Å². The molecule has 0 fully saturated rings. The van der Waals surface area contributed by atoms with E-state index in [0.29, 0.717) is 32.4 Å². The Morgan fingerprint density at radius 3 is 2.31 bits per heavy atom. The van der Waals surface area contributed by atoms with Gasteiger partial charge in [0, 0.05) is 0 Å². The number of hydrogen-bond acceptors (Lipinski definition) is 3. The molecule has 0 atom stereocenters. The minimum absolute atomic E-state index is 0.0778. The summed E-state index contributed by atoms with van der Waals surface area (Å²) in [5.41, 5.74) is 1.64. The van der Waals surface area contributed by atoms with Crippen LogP contribution in [0.4, 0.5) is 5.69 Å². The molecule has 4 nitrogen and oxygen atoms in total. The molecule has 0 aliphatic heterocycles. The van der Waals surface area contributed by atoms with E-state index in [4.69, 9.17) is 51.8 Å². The van der Waals surface area contributed by atoms with Crippen LogP contribution in [0.1, 0.15) is 25.3 Å². The van der Waals surface area contributed by atoms with Crippen LogP contribution in [0.5, 0.6) is 5.75 Å². The van der Waals surface area contributed by atoms with Gasteiger partial charge in [-0.2, -0.15) is 0 Å². The maximum atomic E-state index is 12.0. The van der Waals surface area contributed by atoms with Crippen LogP contribution in [0.15, 0.2) is 36.4 Å². The Labute approximate surface area is 172 Å². The SMILES string of the molecule is CC(C)c1ccc(OCC(=O)NC(=S)Nc2cc(Cl)c(Cl)cc2Cl)cc1. The van der Waals surface area contributed by atoms with Crippen molar-refractivity contribution in [1.82, 2.24) is 5.32 Å². The number of rotatable bonds is 5. The molecule has 1 amide bonds. The number of ether oxygens (including phenoxy) is 1. The van der Waals surface area contributed by atoms with Crippen molar-refractivity contribution in [2.24, 2.45) is 0 Å². The molecule has 0 saturated carbocycles. The second-order valence-corrected chi connectivity index (χ2v) is 7.39. The predicted molar refractivity (Wildman–Crippen MR) is 112 cm³/mol. The van der Waals surface area contributed by atoms with Crippen molar-refractivity contribution in [2.45, 2.75) is 19.8 Å².